The van der Waals surface area contributed by atoms with Gasteiger partial charge in [0, 0.05) is 12.7 Å². The molecule has 0 unspecified atom stereocenters. The number of hydrogen-bond acceptors (Lipinski definition) is 3. The van der Waals surface area contributed by atoms with Crippen LogP contribution in [0.15, 0.2) is 6.20 Å². The zero-order valence-electron chi connectivity index (χ0n) is 8.30. The van der Waals surface area contributed by atoms with E-state index in [-0.39, 0.29) is 18.7 Å². The van der Waals surface area contributed by atoms with Crippen LogP contribution in [-0.4, -0.2) is 4.98 Å². The van der Waals surface area contributed by atoms with Crippen LogP contribution in [0.3, 0.4) is 0 Å². The molecule has 0 aliphatic heterocycles. The van der Waals surface area contributed by atoms with Gasteiger partial charge in [-0.05, 0) is 23.6 Å². The SMILES string of the molecule is Cc1c(C(F)F)ncc(CN)c1CC#N. The van der Waals surface area contributed by atoms with Crippen molar-refractivity contribution >= 4 is 0 Å². The lowest BCUT2D eigenvalue weighted by molar-refractivity contribution is 0.145. The topological polar surface area (TPSA) is 62.7 Å². The Morgan fingerprint density at radius 2 is 2.27 bits per heavy atom. The van der Waals surface area contributed by atoms with Crippen LogP contribution in [0.2, 0.25) is 0 Å². The van der Waals surface area contributed by atoms with Crippen molar-refractivity contribution < 1.29 is 8.78 Å². The molecule has 1 aromatic rings. The van der Waals surface area contributed by atoms with Gasteiger partial charge < -0.3 is 5.73 Å². The average Bonchev–Trinajstić information content (AvgIpc) is 2.20. The van der Waals surface area contributed by atoms with Gasteiger partial charge in [0.2, 0.25) is 0 Å². The smallest absolute Gasteiger partial charge is 0.280 e. The van der Waals surface area contributed by atoms with Crippen molar-refractivity contribution in [2.75, 3.05) is 0 Å². The predicted molar refractivity (Wildman–Crippen MR) is 51.1 cm³/mol. The molecule has 0 bridgehead atoms. The summed E-state index contributed by atoms with van der Waals surface area (Å²) in [5.41, 5.74) is 6.77. The van der Waals surface area contributed by atoms with Crippen molar-refractivity contribution in [2.24, 2.45) is 5.73 Å². The van der Waals surface area contributed by atoms with Gasteiger partial charge in [-0.3, -0.25) is 4.98 Å². The summed E-state index contributed by atoms with van der Waals surface area (Å²) in [4.78, 5) is 3.65. The summed E-state index contributed by atoms with van der Waals surface area (Å²) in [6.07, 6.45) is -1.21. The third kappa shape index (κ3) is 2.28. The number of nitrogens with two attached hydrogens (primary N) is 1. The minimum absolute atomic E-state index is 0.0839. The molecule has 1 heterocycles. The molecule has 0 atom stereocenters. The number of nitriles is 1. The Kier molecular flexibility index (Phi) is 3.69. The molecule has 15 heavy (non-hydrogen) atoms. The van der Waals surface area contributed by atoms with Gasteiger partial charge in [-0.2, -0.15) is 5.26 Å². The molecule has 1 aromatic heterocycles. The van der Waals surface area contributed by atoms with Crippen molar-refractivity contribution in [3.8, 4) is 6.07 Å². The molecule has 1 rings (SSSR count). The monoisotopic (exact) mass is 211 g/mol. The third-order valence-electron chi connectivity index (χ3n) is 2.27. The lowest BCUT2D eigenvalue weighted by atomic mass is 10.00. The minimum atomic E-state index is -2.62. The average molecular weight is 211 g/mol. The van der Waals surface area contributed by atoms with Gasteiger partial charge in [-0.1, -0.05) is 0 Å². The molecule has 0 radical (unpaired) electrons. The summed E-state index contributed by atoms with van der Waals surface area (Å²) >= 11 is 0. The Labute approximate surface area is 86.5 Å². The molecule has 0 aliphatic carbocycles. The van der Waals surface area contributed by atoms with E-state index in [4.69, 9.17) is 11.0 Å². The Bertz CT molecular complexity index is 396. The van der Waals surface area contributed by atoms with Crippen LogP contribution in [0, 0.1) is 18.3 Å². The normalized spacial score (nSPS) is 10.4. The quantitative estimate of drug-likeness (QED) is 0.829. The lowest BCUT2D eigenvalue weighted by Gasteiger charge is -2.11. The summed E-state index contributed by atoms with van der Waals surface area (Å²) in [5, 5.41) is 8.59. The maximum Gasteiger partial charge on any atom is 0.280 e. The lowest BCUT2D eigenvalue weighted by Crippen LogP contribution is -2.08. The van der Waals surface area contributed by atoms with Crippen molar-refractivity contribution in [3.05, 3.63) is 28.6 Å². The van der Waals surface area contributed by atoms with E-state index in [1.165, 1.54) is 6.20 Å². The molecule has 0 aliphatic rings. The van der Waals surface area contributed by atoms with Gasteiger partial charge in [0.1, 0.15) is 5.69 Å². The van der Waals surface area contributed by atoms with Gasteiger partial charge in [-0.25, -0.2) is 8.78 Å². The molecular formula is C10H11F2N3. The maximum atomic E-state index is 12.5. The highest BCUT2D eigenvalue weighted by atomic mass is 19.3. The van der Waals surface area contributed by atoms with Crippen LogP contribution in [-0.2, 0) is 13.0 Å². The van der Waals surface area contributed by atoms with Gasteiger partial charge in [-0.15, -0.1) is 0 Å². The first-order chi connectivity index (χ1) is 7.11. The highest BCUT2D eigenvalue weighted by Gasteiger charge is 2.16. The van der Waals surface area contributed by atoms with Crippen LogP contribution in [0.25, 0.3) is 0 Å². The van der Waals surface area contributed by atoms with Crippen molar-refractivity contribution in [1.82, 2.24) is 4.98 Å². The van der Waals surface area contributed by atoms with Crippen molar-refractivity contribution in [3.63, 3.8) is 0 Å². The molecule has 0 spiro atoms. The van der Waals surface area contributed by atoms with Crippen LogP contribution >= 0.6 is 0 Å². The van der Waals surface area contributed by atoms with E-state index in [2.05, 4.69) is 4.98 Å². The molecule has 0 fully saturated rings. The molecule has 0 saturated heterocycles. The molecule has 3 nitrogen and oxygen atoms in total. The Balaban J connectivity index is 3.30. The van der Waals surface area contributed by atoms with Crippen LogP contribution in [0.5, 0.6) is 0 Å². The second-order valence-electron chi connectivity index (χ2n) is 3.11. The number of hydrogen-bond donors (Lipinski definition) is 1. The molecule has 0 saturated carbocycles. The van der Waals surface area contributed by atoms with Crippen molar-refractivity contribution in [2.45, 2.75) is 26.3 Å². The fourth-order valence-electron chi connectivity index (χ4n) is 1.44. The molecule has 80 valence electrons. The number of alkyl halides is 2. The summed E-state index contributed by atoms with van der Waals surface area (Å²) in [6, 6.07) is 1.94. The highest BCUT2D eigenvalue weighted by Crippen LogP contribution is 2.24. The zero-order chi connectivity index (χ0) is 11.4. The fourth-order valence-corrected chi connectivity index (χ4v) is 1.44. The molecule has 2 N–H and O–H groups in total. The van der Waals surface area contributed by atoms with E-state index >= 15 is 0 Å². The van der Waals surface area contributed by atoms with Gasteiger partial charge >= 0.3 is 0 Å². The summed E-state index contributed by atoms with van der Waals surface area (Å²) in [6.45, 7) is 1.74. The number of aromatic nitrogens is 1. The molecule has 0 aromatic carbocycles. The number of rotatable bonds is 3. The van der Waals surface area contributed by atoms with Crippen molar-refractivity contribution in [1.29, 1.82) is 5.26 Å². The van der Waals surface area contributed by atoms with E-state index < -0.39 is 6.43 Å². The van der Waals surface area contributed by atoms with E-state index in [0.717, 1.165) is 0 Å². The van der Waals surface area contributed by atoms with E-state index in [0.29, 0.717) is 16.7 Å². The summed E-state index contributed by atoms with van der Waals surface area (Å²) in [5.74, 6) is 0. The molecule has 5 heteroatoms. The largest absolute Gasteiger partial charge is 0.326 e. The van der Waals surface area contributed by atoms with Gasteiger partial charge in [0.15, 0.2) is 0 Å². The summed E-state index contributed by atoms with van der Waals surface area (Å²) < 4.78 is 25.0. The van der Waals surface area contributed by atoms with E-state index in [9.17, 15) is 8.78 Å². The van der Waals surface area contributed by atoms with E-state index in [1.807, 2.05) is 6.07 Å². The highest BCUT2D eigenvalue weighted by molar-refractivity contribution is 5.37. The van der Waals surface area contributed by atoms with Crippen LogP contribution < -0.4 is 5.73 Å². The Morgan fingerprint density at radius 1 is 1.60 bits per heavy atom. The first-order valence-corrected chi connectivity index (χ1v) is 4.44. The standard InChI is InChI=1S/C10H11F2N3/c1-6-8(2-3-13)7(4-14)5-15-9(6)10(11)12/h5,10H,2,4,14H2,1H3. The van der Waals surface area contributed by atoms with Crippen LogP contribution in [0.4, 0.5) is 8.78 Å². The first-order valence-electron chi connectivity index (χ1n) is 4.44. The maximum absolute atomic E-state index is 12.5. The Hall–Kier alpha value is -1.54. The number of pyridine rings is 1. The Morgan fingerprint density at radius 3 is 2.73 bits per heavy atom. The zero-order valence-corrected chi connectivity index (χ0v) is 8.30. The predicted octanol–water partition coefficient (Wildman–Crippen LogP) is 1.85. The van der Waals surface area contributed by atoms with E-state index in [1.54, 1.807) is 6.92 Å². The molecular weight excluding hydrogens is 200 g/mol. The van der Waals surface area contributed by atoms with Gasteiger partial charge in [0.25, 0.3) is 6.43 Å². The molecule has 0 amide bonds. The second-order valence-corrected chi connectivity index (χ2v) is 3.11. The van der Waals surface area contributed by atoms with Gasteiger partial charge in [0.05, 0.1) is 12.5 Å². The number of nitrogens with zero attached hydrogens (tertiary/aromatic N) is 2. The minimum Gasteiger partial charge on any atom is -0.326 e. The summed E-state index contributed by atoms with van der Waals surface area (Å²) in [7, 11) is 0. The number of halogens is 2. The second kappa shape index (κ2) is 4.80. The first kappa shape index (κ1) is 11.5. The van der Waals surface area contributed by atoms with Crippen LogP contribution in [0.1, 0.15) is 28.8 Å². The third-order valence-corrected chi connectivity index (χ3v) is 2.27. The fraction of sp³-hybridized carbons (Fsp3) is 0.400.